The van der Waals surface area contributed by atoms with Gasteiger partial charge in [-0.25, -0.2) is 9.59 Å². The summed E-state index contributed by atoms with van der Waals surface area (Å²) in [5, 5.41) is 18.3. The van der Waals surface area contributed by atoms with E-state index in [1.54, 1.807) is 0 Å². The summed E-state index contributed by atoms with van der Waals surface area (Å²) in [4.78, 5) is 42.1. The Bertz CT molecular complexity index is 1250. The van der Waals surface area contributed by atoms with Crippen molar-refractivity contribution in [2.45, 2.75) is 17.9 Å². The second kappa shape index (κ2) is 8.84. The molecule has 1 atom stereocenters. The average molecular weight is 477 g/mol. The molecule has 1 unspecified atom stereocenters. The Morgan fingerprint density at radius 3 is 2.43 bits per heavy atom. The van der Waals surface area contributed by atoms with Crippen LogP contribution in [0.15, 0.2) is 48.5 Å². The van der Waals surface area contributed by atoms with Gasteiger partial charge in [-0.2, -0.15) is 4.98 Å². The summed E-state index contributed by atoms with van der Waals surface area (Å²) >= 11 is 0. The predicted octanol–water partition coefficient (Wildman–Crippen LogP) is 2.48. The van der Waals surface area contributed by atoms with Crippen LogP contribution < -0.4 is 5.32 Å². The molecule has 3 aromatic rings. The maximum absolute atomic E-state index is 12.8. The van der Waals surface area contributed by atoms with Gasteiger partial charge < -0.3 is 19.5 Å². The number of hydrogen-bond donors (Lipinski definition) is 3. The summed E-state index contributed by atoms with van der Waals surface area (Å²) < 4.78 is 10.7. The molecule has 35 heavy (non-hydrogen) atoms. The zero-order valence-corrected chi connectivity index (χ0v) is 18.9. The predicted molar refractivity (Wildman–Crippen MR) is 123 cm³/mol. The monoisotopic (exact) mass is 477 g/mol. The van der Waals surface area contributed by atoms with Crippen LogP contribution in [0, 0.1) is 0 Å². The Hall–Kier alpha value is -4.25. The van der Waals surface area contributed by atoms with Gasteiger partial charge in [0.25, 0.3) is 11.9 Å². The number of aromatic nitrogens is 3. The van der Waals surface area contributed by atoms with Crippen LogP contribution in [0.5, 0.6) is 0 Å². The van der Waals surface area contributed by atoms with Gasteiger partial charge in [0.05, 0.1) is 6.61 Å². The van der Waals surface area contributed by atoms with Crippen LogP contribution in [-0.4, -0.2) is 75.6 Å². The zero-order valence-electron chi connectivity index (χ0n) is 18.9. The lowest BCUT2D eigenvalue weighted by molar-refractivity contribution is -0.149. The number of carboxylic acids is 1. The van der Waals surface area contributed by atoms with E-state index in [1.807, 2.05) is 48.5 Å². The first kappa shape index (κ1) is 22.5. The molecule has 0 bridgehead atoms. The third-order valence-corrected chi connectivity index (χ3v) is 6.59. The minimum atomic E-state index is -1.48. The summed E-state index contributed by atoms with van der Waals surface area (Å²) in [5.74, 6) is -2.33. The molecule has 1 aliphatic carbocycles. The zero-order chi connectivity index (χ0) is 24.6. The third-order valence-electron chi connectivity index (χ3n) is 6.59. The molecule has 1 saturated heterocycles. The normalized spacial score (nSPS) is 18.5. The lowest BCUT2D eigenvalue weighted by Crippen LogP contribution is -2.56. The fourth-order valence-electron chi connectivity index (χ4n) is 4.62. The van der Waals surface area contributed by atoms with Crippen molar-refractivity contribution in [3.63, 3.8) is 0 Å². The fraction of sp³-hybridized carbons (Fsp3) is 0.292. The lowest BCUT2D eigenvalue weighted by atomic mass is 9.97. The van der Waals surface area contributed by atoms with Crippen molar-refractivity contribution in [2.24, 2.45) is 0 Å². The number of ether oxygens (including phenoxy) is 2. The van der Waals surface area contributed by atoms with Crippen molar-refractivity contribution in [1.29, 1.82) is 0 Å². The molecule has 2 amide bonds. The highest BCUT2D eigenvalue weighted by molar-refractivity contribution is 5.95. The van der Waals surface area contributed by atoms with Crippen molar-refractivity contribution in [3.05, 3.63) is 65.5 Å². The number of likely N-dealkylation sites (N-methyl/N-ethyl adjacent to an activating group) is 1. The first-order chi connectivity index (χ1) is 16.9. The SMILES string of the molecule is CN(C(=O)c1nc(NC(=O)OCC2c3ccccc3-c3ccccc32)n[nH]1)C1(C(=O)O)CCOC1. The van der Waals surface area contributed by atoms with Gasteiger partial charge in [-0.05, 0) is 22.3 Å². The van der Waals surface area contributed by atoms with Gasteiger partial charge in [0.2, 0.25) is 5.82 Å². The highest BCUT2D eigenvalue weighted by Gasteiger charge is 2.49. The summed E-state index contributed by atoms with van der Waals surface area (Å²) in [6.07, 6.45) is -0.617. The maximum atomic E-state index is 12.8. The van der Waals surface area contributed by atoms with Crippen LogP contribution in [0.2, 0.25) is 0 Å². The fourth-order valence-corrected chi connectivity index (χ4v) is 4.62. The first-order valence-corrected chi connectivity index (χ1v) is 11.0. The average Bonchev–Trinajstić information content (AvgIpc) is 3.60. The number of aliphatic carboxylic acids is 1. The molecular weight excluding hydrogens is 454 g/mol. The Morgan fingerprint density at radius 2 is 1.83 bits per heavy atom. The van der Waals surface area contributed by atoms with Crippen LogP contribution >= 0.6 is 0 Å². The Labute approximate surface area is 200 Å². The molecule has 5 rings (SSSR count). The summed E-state index contributed by atoms with van der Waals surface area (Å²) in [6.45, 7) is 0.221. The molecule has 1 aromatic heterocycles. The molecule has 0 radical (unpaired) electrons. The van der Waals surface area contributed by atoms with Crippen LogP contribution in [0.1, 0.15) is 34.1 Å². The smallest absolute Gasteiger partial charge is 0.414 e. The van der Waals surface area contributed by atoms with E-state index in [-0.39, 0.29) is 43.9 Å². The molecule has 2 heterocycles. The van der Waals surface area contributed by atoms with E-state index in [0.717, 1.165) is 27.2 Å². The number of carbonyl (C=O) groups is 3. The Kier molecular flexibility index (Phi) is 5.69. The number of rotatable bonds is 6. The second-order valence-corrected chi connectivity index (χ2v) is 8.46. The van der Waals surface area contributed by atoms with Gasteiger partial charge in [0, 0.05) is 26.0 Å². The molecule has 0 spiro atoms. The van der Waals surface area contributed by atoms with Gasteiger partial charge in [-0.1, -0.05) is 48.5 Å². The summed E-state index contributed by atoms with van der Waals surface area (Å²) in [5.41, 5.74) is 2.91. The minimum absolute atomic E-state index is 0.105. The van der Waals surface area contributed by atoms with Crippen LogP contribution in [0.3, 0.4) is 0 Å². The number of anilines is 1. The molecule has 1 aliphatic heterocycles. The van der Waals surface area contributed by atoms with Crippen LogP contribution in [0.4, 0.5) is 10.7 Å². The second-order valence-electron chi connectivity index (χ2n) is 8.46. The maximum Gasteiger partial charge on any atom is 0.414 e. The molecule has 2 aliphatic rings. The summed E-state index contributed by atoms with van der Waals surface area (Å²) in [6, 6.07) is 16.0. The molecule has 0 saturated carbocycles. The minimum Gasteiger partial charge on any atom is -0.479 e. The Balaban J connectivity index is 1.23. The third kappa shape index (κ3) is 3.89. The van der Waals surface area contributed by atoms with Crippen molar-refractivity contribution < 1.29 is 29.0 Å². The number of fused-ring (bicyclic) bond motifs is 3. The number of amides is 2. The number of benzene rings is 2. The molecule has 180 valence electrons. The standard InChI is InChI=1S/C24H23N5O6/c1-29(24(21(31)32)10-11-34-13-24)20(30)19-25-22(28-27-19)26-23(33)35-12-18-16-8-4-2-6-14(16)15-7-3-5-9-17(15)18/h2-9,18H,10-13H2,1H3,(H,31,32)(H2,25,26,27,28,33). The van der Waals surface area contributed by atoms with E-state index >= 15 is 0 Å². The van der Waals surface area contributed by atoms with E-state index in [2.05, 4.69) is 20.5 Å². The first-order valence-electron chi connectivity index (χ1n) is 11.0. The van der Waals surface area contributed by atoms with E-state index in [9.17, 15) is 19.5 Å². The highest BCUT2D eigenvalue weighted by Crippen LogP contribution is 2.44. The van der Waals surface area contributed by atoms with Gasteiger partial charge in [-0.3, -0.25) is 15.2 Å². The quantitative estimate of drug-likeness (QED) is 0.491. The molecule has 2 aromatic carbocycles. The van der Waals surface area contributed by atoms with E-state index < -0.39 is 23.5 Å². The van der Waals surface area contributed by atoms with Crippen LogP contribution in [-0.2, 0) is 14.3 Å². The van der Waals surface area contributed by atoms with Gasteiger partial charge in [0.1, 0.15) is 6.61 Å². The molecule has 3 N–H and O–H groups in total. The molecule has 11 heteroatoms. The van der Waals surface area contributed by atoms with Gasteiger partial charge in [-0.15, -0.1) is 5.10 Å². The number of carboxylic acid groups (broad SMARTS) is 1. The highest BCUT2D eigenvalue weighted by atomic mass is 16.5. The number of carbonyl (C=O) groups excluding carboxylic acids is 2. The number of hydrogen-bond acceptors (Lipinski definition) is 7. The number of aromatic amines is 1. The molecule has 1 fully saturated rings. The van der Waals surface area contributed by atoms with E-state index in [4.69, 9.17) is 9.47 Å². The number of nitrogens with zero attached hydrogens (tertiary/aromatic N) is 3. The van der Waals surface area contributed by atoms with Crippen molar-refractivity contribution in [1.82, 2.24) is 20.1 Å². The Morgan fingerprint density at radius 1 is 1.17 bits per heavy atom. The number of nitrogens with one attached hydrogen (secondary N) is 2. The van der Waals surface area contributed by atoms with Crippen molar-refractivity contribution in [2.75, 3.05) is 32.2 Å². The van der Waals surface area contributed by atoms with Gasteiger partial charge in [0.15, 0.2) is 5.54 Å². The largest absolute Gasteiger partial charge is 0.479 e. The molecular formula is C24H23N5O6. The topological polar surface area (TPSA) is 147 Å². The van der Waals surface area contributed by atoms with E-state index in [0.29, 0.717) is 0 Å². The summed E-state index contributed by atoms with van der Waals surface area (Å²) in [7, 11) is 1.37. The van der Waals surface area contributed by atoms with Crippen molar-refractivity contribution >= 4 is 23.9 Å². The lowest BCUT2D eigenvalue weighted by Gasteiger charge is -2.32. The molecule has 11 nitrogen and oxygen atoms in total. The van der Waals surface area contributed by atoms with Crippen LogP contribution in [0.25, 0.3) is 11.1 Å². The van der Waals surface area contributed by atoms with Gasteiger partial charge >= 0.3 is 12.1 Å². The van der Waals surface area contributed by atoms with E-state index in [1.165, 1.54) is 7.05 Å². The number of H-pyrrole nitrogens is 1. The van der Waals surface area contributed by atoms with Crippen molar-refractivity contribution in [3.8, 4) is 11.1 Å².